The highest BCUT2D eigenvalue weighted by Crippen LogP contribution is 2.37. The molecule has 1 aromatic heterocycles. The van der Waals surface area contributed by atoms with Crippen molar-refractivity contribution in [3.05, 3.63) is 42.0 Å². The SMILES string of the molecule is CCC(=O)ON=C(C(CC1Cc2cc(C(C)(C)C)ccc2O1)n1cncn1)C(C)(C)C. The summed E-state index contributed by atoms with van der Waals surface area (Å²) in [6.45, 7) is 14.5. The van der Waals surface area contributed by atoms with Gasteiger partial charge in [-0.2, -0.15) is 5.10 Å². The van der Waals surface area contributed by atoms with E-state index in [0.717, 1.165) is 17.9 Å². The van der Waals surface area contributed by atoms with E-state index in [0.29, 0.717) is 6.42 Å². The van der Waals surface area contributed by atoms with Crippen molar-refractivity contribution < 1.29 is 14.4 Å². The van der Waals surface area contributed by atoms with Gasteiger partial charge in [0.15, 0.2) is 0 Å². The summed E-state index contributed by atoms with van der Waals surface area (Å²) in [5.41, 5.74) is 3.00. The maximum Gasteiger partial charge on any atom is 0.334 e. The summed E-state index contributed by atoms with van der Waals surface area (Å²) in [5, 5.41) is 8.65. The third-order valence-electron chi connectivity index (χ3n) is 5.53. The highest BCUT2D eigenvalue weighted by molar-refractivity contribution is 5.92. The standard InChI is InChI=1S/C24H34N4O3/c1-8-21(29)31-27-22(24(5,6)7)19(28-15-25-14-26-28)13-18-12-16-11-17(23(2,3)4)9-10-20(16)30-18/h9-11,14-15,18-19H,8,12-13H2,1-7H3. The smallest absolute Gasteiger partial charge is 0.334 e. The average Bonchev–Trinajstić information content (AvgIpc) is 3.33. The third-order valence-corrected chi connectivity index (χ3v) is 5.53. The number of aromatic nitrogens is 3. The van der Waals surface area contributed by atoms with E-state index in [4.69, 9.17) is 9.57 Å². The summed E-state index contributed by atoms with van der Waals surface area (Å²) in [5.74, 6) is 0.570. The van der Waals surface area contributed by atoms with Gasteiger partial charge in [-0.15, -0.1) is 0 Å². The Hall–Kier alpha value is -2.70. The van der Waals surface area contributed by atoms with Crippen LogP contribution in [0, 0.1) is 5.41 Å². The summed E-state index contributed by atoms with van der Waals surface area (Å²) in [6, 6.07) is 6.22. The molecule has 0 bridgehead atoms. The zero-order valence-electron chi connectivity index (χ0n) is 19.7. The van der Waals surface area contributed by atoms with Crippen molar-refractivity contribution in [2.45, 2.75) is 85.3 Å². The lowest BCUT2D eigenvalue weighted by Crippen LogP contribution is -2.35. The maximum absolute atomic E-state index is 11.8. The number of benzene rings is 1. The molecule has 0 radical (unpaired) electrons. The minimum Gasteiger partial charge on any atom is -0.490 e. The van der Waals surface area contributed by atoms with Crippen LogP contribution in [-0.4, -0.2) is 32.5 Å². The summed E-state index contributed by atoms with van der Waals surface area (Å²) < 4.78 is 8.06. The molecule has 1 aliphatic heterocycles. The quantitative estimate of drug-likeness (QED) is 0.374. The summed E-state index contributed by atoms with van der Waals surface area (Å²) >= 11 is 0. The van der Waals surface area contributed by atoms with E-state index >= 15 is 0 Å². The van der Waals surface area contributed by atoms with Gasteiger partial charge in [0.25, 0.3) is 0 Å². The van der Waals surface area contributed by atoms with Gasteiger partial charge in [0.2, 0.25) is 0 Å². The predicted molar refractivity (Wildman–Crippen MR) is 120 cm³/mol. The van der Waals surface area contributed by atoms with Gasteiger partial charge in [0.05, 0.1) is 11.8 Å². The first-order valence-electron chi connectivity index (χ1n) is 10.9. The molecule has 7 nitrogen and oxygen atoms in total. The van der Waals surface area contributed by atoms with Gasteiger partial charge in [-0.3, -0.25) is 0 Å². The highest BCUT2D eigenvalue weighted by atomic mass is 16.7. The van der Waals surface area contributed by atoms with E-state index in [1.54, 1.807) is 17.9 Å². The Morgan fingerprint density at radius 3 is 2.61 bits per heavy atom. The average molecular weight is 427 g/mol. The van der Waals surface area contributed by atoms with Gasteiger partial charge in [-0.1, -0.05) is 65.8 Å². The topological polar surface area (TPSA) is 78.6 Å². The van der Waals surface area contributed by atoms with E-state index in [1.807, 2.05) is 0 Å². The molecule has 0 saturated heterocycles. The zero-order chi connectivity index (χ0) is 22.8. The maximum atomic E-state index is 11.8. The molecule has 31 heavy (non-hydrogen) atoms. The van der Waals surface area contributed by atoms with Crippen molar-refractivity contribution >= 4 is 11.7 Å². The number of nitrogens with zero attached hydrogens (tertiary/aromatic N) is 4. The molecule has 0 saturated carbocycles. The lowest BCUT2D eigenvalue weighted by molar-refractivity contribution is -0.143. The van der Waals surface area contributed by atoms with Crippen LogP contribution in [0.2, 0.25) is 0 Å². The van der Waals surface area contributed by atoms with E-state index in [1.165, 1.54) is 17.5 Å². The van der Waals surface area contributed by atoms with Crippen LogP contribution in [0.15, 0.2) is 36.0 Å². The van der Waals surface area contributed by atoms with E-state index in [9.17, 15) is 4.79 Å². The van der Waals surface area contributed by atoms with E-state index < -0.39 is 0 Å². The molecule has 1 aliphatic rings. The van der Waals surface area contributed by atoms with Crippen LogP contribution in [0.3, 0.4) is 0 Å². The first-order chi connectivity index (χ1) is 14.5. The van der Waals surface area contributed by atoms with Crippen LogP contribution in [0.25, 0.3) is 0 Å². The molecule has 2 unspecified atom stereocenters. The zero-order valence-corrected chi connectivity index (χ0v) is 19.7. The summed E-state index contributed by atoms with van der Waals surface area (Å²) in [4.78, 5) is 21.1. The van der Waals surface area contributed by atoms with Crippen molar-refractivity contribution in [1.82, 2.24) is 14.8 Å². The van der Waals surface area contributed by atoms with Gasteiger partial charge in [0, 0.05) is 24.7 Å². The molecule has 2 heterocycles. The summed E-state index contributed by atoms with van der Waals surface area (Å²) in [6.07, 6.45) is 4.87. The number of carbonyl (C=O) groups excluding carboxylic acids is 1. The molecule has 2 aromatic rings. The molecule has 0 amide bonds. The largest absolute Gasteiger partial charge is 0.490 e. The van der Waals surface area contributed by atoms with Crippen LogP contribution in [0.1, 0.15) is 78.5 Å². The van der Waals surface area contributed by atoms with Gasteiger partial charge >= 0.3 is 5.97 Å². The van der Waals surface area contributed by atoms with Gasteiger partial charge in [-0.25, -0.2) is 14.5 Å². The lowest BCUT2D eigenvalue weighted by atomic mass is 9.83. The summed E-state index contributed by atoms with van der Waals surface area (Å²) in [7, 11) is 0. The molecular weight excluding hydrogens is 392 g/mol. The number of ether oxygens (including phenoxy) is 1. The van der Waals surface area contributed by atoms with Crippen LogP contribution < -0.4 is 4.74 Å². The molecule has 7 heteroatoms. The third kappa shape index (κ3) is 5.51. The number of fused-ring (bicyclic) bond motifs is 1. The number of carbonyl (C=O) groups is 1. The second kappa shape index (κ2) is 8.81. The molecule has 0 N–H and O–H groups in total. The number of rotatable bonds is 6. The molecule has 168 valence electrons. The van der Waals surface area contributed by atoms with Crippen molar-refractivity contribution in [3.63, 3.8) is 0 Å². The lowest BCUT2D eigenvalue weighted by Gasteiger charge is -2.29. The van der Waals surface area contributed by atoms with Crippen molar-refractivity contribution in [2.75, 3.05) is 0 Å². The Kier molecular flexibility index (Phi) is 6.53. The minimum atomic E-state index is -0.363. The van der Waals surface area contributed by atoms with Crippen molar-refractivity contribution in [1.29, 1.82) is 0 Å². The molecule has 3 rings (SSSR count). The fraction of sp³-hybridized carbons (Fsp3) is 0.583. The highest BCUT2D eigenvalue weighted by Gasteiger charge is 2.35. The van der Waals surface area contributed by atoms with Crippen LogP contribution in [-0.2, 0) is 21.5 Å². The number of oxime groups is 1. The first kappa shape index (κ1) is 23.0. The Bertz CT molecular complexity index is 937. The van der Waals surface area contributed by atoms with Crippen LogP contribution >= 0.6 is 0 Å². The molecule has 0 fully saturated rings. The minimum absolute atomic E-state index is 0.0335. The van der Waals surface area contributed by atoms with E-state index in [-0.39, 0.29) is 35.4 Å². The van der Waals surface area contributed by atoms with Crippen LogP contribution in [0.4, 0.5) is 0 Å². The molecule has 2 atom stereocenters. The molecule has 0 aliphatic carbocycles. The molecule has 1 aromatic carbocycles. The number of hydrogen-bond donors (Lipinski definition) is 0. The molecular formula is C24H34N4O3. The fourth-order valence-electron chi connectivity index (χ4n) is 3.75. The Morgan fingerprint density at radius 2 is 2.03 bits per heavy atom. The second-order valence-corrected chi connectivity index (χ2v) is 10.2. The number of hydrogen-bond acceptors (Lipinski definition) is 6. The fourth-order valence-corrected chi connectivity index (χ4v) is 3.75. The first-order valence-corrected chi connectivity index (χ1v) is 10.9. The predicted octanol–water partition coefficient (Wildman–Crippen LogP) is 4.87. The van der Waals surface area contributed by atoms with Crippen LogP contribution in [0.5, 0.6) is 5.75 Å². The molecule has 0 spiro atoms. The van der Waals surface area contributed by atoms with Crippen molar-refractivity contribution in [2.24, 2.45) is 10.6 Å². The van der Waals surface area contributed by atoms with Crippen molar-refractivity contribution in [3.8, 4) is 5.75 Å². The second-order valence-electron chi connectivity index (χ2n) is 10.2. The van der Waals surface area contributed by atoms with Gasteiger partial charge in [-0.05, 0) is 22.6 Å². The Balaban J connectivity index is 1.87. The monoisotopic (exact) mass is 426 g/mol. The Morgan fingerprint density at radius 1 is 1.29 bits per heavy atom. The van der Waals surface area contributed by atoms with Gasteiger partial charge in [0.1, 0.15) is 24.5 Å². The Labute approximate surface area is 184 Å². The normalized spacial score (nSPS) is 17.8. The van der Waals surface area contributed by atoms with Gasteiger partial charge < -0.3 is 9.57 Å². The van der Waals surface area contributed by atoms with E-state index in [2.05, 4.69) is 75.0 Å².